The lowest BCUT2D eigenvalue weighted by atomic mass is 10.2. The second-order valence-corrected chi connectivity index (χ2v) is 3.78. The number of hydrogen-bond acceptors (Lipinski definition) is 3. The predicted molar refractivity (Wildman–Crippen MR) is 61.9 cm³/mol. The van der Waals surface area contributed by atoms with Crippen molar-refractivity contribution < 1.29 is 9.90 Å². The van der Waals surface area contributed by atoms with Crippen LogP contribution in [0.15, 0.2) is 24.5 Å². The van der Waals surface area contributed by atoms with Crippen molar-refractivity contribution in [1.82, 2.24) is 10.3 Å². The average molecular weight is 222 g/mol. The molecule has 0 radical (unpaired) electrons. The lowest BCUT2D eigenvalue weighted by Crippen LogP contribution is -2.33. The van der Waals surface area contributed by atoms with Crippen molar-refractivity contribution >= 4 is 5.91 Å². The smallest absolute Gasteiger partial charge is 0.224 e. The van der Waals surface area contributed by atoms with E-state index in [1.807, 2.05) is 19.1 Å². The van der Waals surface area contributed by atoms with Gasteiger partial charge in [0.05, 0.1) is 12.5 Å². The molecule has 0 saturated heterocycles. The fraction of sp³-hybridized carbons (Fsp3) is 0.500. The zero-order chi connectivity index (χ0) is 11.8. The van der Waals surface area contributed by atoms with Crippen LogP contribution in [-0.2, 0) is 11.2 Å². The van der Waals surface area contributed by atoms with Crippen LogP contribution in [0.5, 0.6) is 0 Å². The lowest BCUT2D eigenvalue weighted by Gasteiger charge is -2.10. The minimum Gasteiger partial charge on any atom is -0.391 e. The summed E-state index contributed by atoms with van der Waals surface area (Å²) in [4.78, 5) is 15.4. The Morgan fingerprint density at radius 1 is 1.50 bits per heavy atom. The molecule has 4 heteroatoms. The Labute approximate surface area is 95.7 Å². The van der Waals surface area contributed by atoms with Gasteiger partial charge in [0.25, 0.3) is 0 Å². The fourth-order valence-corrected chi connectivity index (χ4v) is 1.42. The normalized spacial score (nSPS) is 12.1. The highest BCUT2D eigenvalue weighted by molar-refractivity contribution is 5.78. The van der Waals surface area contributed by atoms with E-state index < -0.39 is 6.10 Å². The first-order valence-corrected chi connectivity index (χ1v) is 5.56. The van der Waals surface area contributed by atoms with Gasteiger partial charge in [-0.1, -0.05) is 13.3 Å². The number of pyridine rings is 1. The van der Waals surface area contributed by atoms with E-state index >= 15 is 0 Å². The van der Waals surface area contributed by atoms with Crippen LogP contribution < -0.4 is 5.32 Å². The first-order valence-electron chi connectivity index (χ1n) is 5.56. The van der Waals surface area contributed by atoms with E-state index in [2.05, 4.69) is 10.3 Å². The molecule has 1 heterocycles. The van der Waals surface area contributed by atoms with Crippen molar-refractivity contribution in [2.75, 3.05) is 6.54 Å². The van der Waals surface area contributed by atoms with Gasteiger partial charge in [0.15, 0.2) is 0 Å². The van der Waals surface area contributed by atoms with Gasteiger partial charge in [-0.2, -0.15) is 0 Å². The van der Waals surface area contributed by atoms with E-state index in [0.29, 0.717) is 13.0 Å². The number of aromatic nitrogens is 1. The van der Waals surface area contributed by atoms with Gasteiger partial charge in [-0.3, -0.25) is 9.78 Å². The van der Waals surface area contributed by atoms with Crippen molar-refractivity contribution in [1.29, 1.82) is 0 Å². The number of nitrogens with zero attached hydrogens (tertiary/aromatic N) is 1. The van der Waals surface area contributed by atoms with Crippen molar-refractivity contribution in [3.05, 3.63) is 30.1 Å². The van der Waals surface area contributed by atoms with Gasteiger partial charge in [-0.15, -0.1) is 0 Å². The molecule has 2 N–H and O–H groups in total. The summed E-state index contributed by atoms with van der Waals surface area (Å²) in [6.07, 6.45) is 4.85. The monoisotopic (exact) mass is 222 g/mol. The Balaban J connectivity index is 2.26. The molecular formula is C12H18N2O2. The number of amides is 1. The zero-order valence-corrected chi connectivity index (χ0v) is 9.52. The minimum absolute atomic E-state index is 0.0682. The molecule has 88 valence electrons. The Bertz CT molecular complexity index is 314. The Hall–Kier alpha value is -1.42. The summed E-state index contributed by atoms with van der Waals surface area (Å²) in [5, 5.41) is 12.1. The van der Waals surface area contributed by atoms with Crippen LogP contribution in [0, 0.1) is 0 Å². The molecule has 1 unspecified atom stereocenters. The zero-order valence-electron chi connectivity index (χ0n) is 9.52. The molecule has 16 heavy (non-hydrogen) atoms. The van der Waals surface area contributed by atoms with Crippen molar-refractivity contribution in [3.63, 3.8) is 0 Å². The molecule has 1 atom stereocenters. The van der Waals surface area contributed by atoms with Crippen LogP contribution in [0.2, 0.25) is 0 Å². The number of aliphatic hydroxyl groups excluding tert-OH is 1. The number of rotatable bonds is 6. The third-order valence-electron chi connectivity index (χ3n) is 2.27. The summed E-state index contributed by atoms with van der Waals surface area (Å²) >= 11 is 0. The van der Waals surface area contributed by atoms with Gasteiger partial charge in [-0.05, 0) is 24.1 Å². The largest absolute Gasteiger partial charge is 0.391 e. The number of hydrogen-bond donors (Lipinski definition) is 2. The predicted octanol–water partition coefficient (Wildman–Crippen LogP) is 0.901. The maximum Gasteiger partial charge on any atom is 0.224 e. The summed E-state index contributed by atoms with van der Waals surface area (Å²) in [6, 6.07) is 3.62. The standard InChI is InChI=1S/C12H18N2O2/c1-2-3-11(15)9-14-12(16)8-10-4-6-13-7-5-10/h4-7,11,15H,2-3,8-9H2,1H3,(H,14,16). The first kappa shape index (κ1) is 12.6. The second-order valence-electron chi connectivity index (χ2n) is 3.78. The number of nitrogens with one attached hydrogen (secondary N) is 1. The van der Waals surface area contributed by atoms with Gasteiger partial charge in [0.1, 0.15) is 0 Å². The van der Waals surface area contributed by atoms with Gasteiger partial charge in [0.2, 0.25) is 5.91 Å². The van der Waals surface area contributed by atoms with E-state index in [1.165, 1.54) is 0 Å². The molecule has 4 nitrogen and oxygen atoms in total. The van der Waals surface area contributed by atoms with Crippen molar-refractivity contribution in [2.24, 2.45) is 0 Å². The summed E-state index contributed by atoms with van der Waals surface area (Å²) in [7, 11) is 0. The minimum atomic E-state index is -0.439. The number of aliphatic hydroxyl groups is 1. The van der Waals surface area contributed by atoms with Gasteiger partial charge in [-0.25, -0.2) is 0 Å². The third kappa shape index (κ3) is 4.89. The van der Waals surface area contributed by atoms with E-state index in [9.17, 15) is 9.90 Å². The molecule has 1 aromatic rings. The summed E-state index contributed by atoms with van der Waals surface area (Å²) < 4.78 is 0. The topological polar surface area (TPSA) is 62.2 Å². The quantitative estimate of drug-likeness (QED) is 0.751. The molecule has 0 aliphatic heterocycles. The molecule has 0 saturated carbocycles. The highest BCUT2D eigenvalue weighted by atomic mass is 16.3. The molecular weight excluding hydrogens is 204 g/mol. The van der Waals surface area contributed by atoms with Crippen LogP contribution in [0.25, 0.3) is 0 Å². The average Bonchev–Trinajstić information content (AvgIpc) is 2.28. The van der Waals surface area contributed by atoms with Gasteiger partial charge >= 0.3 is 0 Å². The first-order chi connectivity index (χ1) is 7.72. The Morgan fingerprint density at radius 2 is 2.19 bits per heavy atom. The second kappa shape index (κ2) is 6.95. The molecule has 0 spiro atoms. The molecule has 0 aliphatic rings. The maximum atomic E-state index is 11.5. The van der Waals surface area contributed by atoms with Crippen LogP contribution in [-0.4, -0.2) is 28.6 Å². The number of carbonyl (C=O) groups excluding carboxylic acids is 1. The molecule has 0 fully saturated rings. The molecule has 1 aromatic heterocycles. The SMILES string of the molecule is CCCC(O)CNC(=O)Cc1ccncc1. The summed E-state index contributed by atoms with van der Waals surface area (Å²) in [5.41, 5.74) is 0.928. The van der Waals surface area contributed by atoms with Crippen LogP contribution in [0.1, 0.15) is 25.3 Å². The van der Waals surface area contributed by atoms with E-state index in [0.717, 1.165) is 18.4 Å². The van der Waals surface area contributed by atoms with E-state index in [-0.39, 0.29) is 5.91 Å². The lowest BCUT2D eigenvalue weighted by molar-refractivity contribution is -0.120. The highest BCUT2D eigenvalue weighted by Gasteiger charge is 2.06. The van der Waals surface area contributed by atoms with E-state index in [4.69, 9.17) is 0 Å². The third-order valence-corrected chi connectivity index (χ3v) is 2.27. The van der Waals surface area contributed by atoms with Crippen molar-refractivity contribution in [3.8, 4) is 0 Å². The fourth-order valence-electron chi connectivity index (χ4n) is 1.42. The molecule has 0 bridgehead atoms. The van der Waals surface area contributed by atoms with E-state index in [1.54, 1.807) is 12.4 Å². The summed E-state index contributed by atoms with van der Waals surface area (Å²) in [5.74, 6) is -0.0682. The molecule has 0 aliphatic carbocycles. The number of carbonyl (C=O) groups is 1. The Morgan fingerprint density at radius 3 is 2.81 bits per heavy atom. The highest BCUT2D eigenvalue weighted by Crippen LogP contribution is 1.98. The van der Waals surface area contributed by atoms with Crippen LogP contribution >= 0.6 is 0 Å². The molecule has 1 rings (SSSR count). The van der Waals surface area contributed by atoms with Crippen LogP contribution in [0.3, 0.4) is 0 Å². The van der Waals surface area contributed by atoms with Crippen LogP contribution in [0.4, 0.5) is 0 Å². The molecule has 0 aromatic carbocycles. The van der Waals surface area contributed by atoms with Gasteiger partial charge < -0.3 is 10.4 Å². The summed E-state index contributed by atoms with van der Waals surface area (Å²) in [6.45, 7) is 2.33. The van der Waals surface area contributed by atoms with Crippen molar-refractivity contribution in [2.45, 2.75) is 32.3 Å². The maximum absolute atomic E-state index is 11.5. The molecule has 1 amide bonds. The Kier molecular flexibility index (Phi) is 5.50. The van der Waals surface area contributed by atoms with Gasteiger partial charge in [0, 0.05) is 18.9 Å².